The summed E-state index contributed by atoms with van der Waals surface area (Å²) in [5.41, 5.74) is 0. The van der Waals surface area contributed by atoms with Gasteiger partial charge in [-0.05, 0) is 12.1 Å². The van der Waals surface area contributed by atoms with Crippen LogP contribution in [0.15, 0.2) is 22.8 Å². The summed E-state index contributed by atoms with van der Waals surface area (Å²) in [6.45, 7) is 0. The van der Waals surface area contributed by atoms with Gasteiger partial charge in [-0.3, -0.25) is 0 Å². The summed E-state index contributed by atoms with van der Waals surface area (Å²) >= 11 is 0. The molecule has 0 aromatic carbocycles. The van der Waals surface area contributed by atoms with E-state index in [9.17, 15) is 5.21 Å². The SMILES string of the molecule is [Na].[O-][NH+]=CCc1ccco1. The Hall–Kier alpha value is -0.250. The number of nitrogens with one attached hydrogen (secondary N) is 1. The van der Waals surface area contributed by atoms with Crippen molar-refractivity contribution >= 4 is 35.8 Å². The van der Waals surface area contributed by atoms with Crippen LogP contribution >= 0.6 is 0 Å². The molecule has 3 nitrogen and oxygen atoms in total. The fourth-order valence-electron chi connectivity index (χ4n) is 0.571. The number of hydrogen-bond donors (Lipinski definition) is 1. The van der Waals surface area contributed by atoms with Gasteiger partial charge in [-0.15, -0.1) is 0 Å². The molecule has 1 rings (SSSR count). The van der Waals surface area contributed by atoms with Gasteiger partial charge < -0.3 is 9.62 Å². The van der Waals surface area contributed by atoms with Crippen molar-refractivity contribution in [2.75, 3.05) is 0 Å². The molecule has 0 atom stereocenters. The molecule has 0 aliphatic carbocycles. The normalized spacial score (nSPS) is 9.60. The minimum absolute atomic E-state index is 0. The third kappa shape index (κ3) is 3.06. The molecule has 49 valence electrons. The fraction of sp³-hybridized carbons (Fsp3) is 0.167. The Morgan fingerprint density at radius 3 is 3.00 bits per heavy atom. The van der Waals surface area contributed by atoms with Gasteiger partial charge in [-0.1, -0.05) is 0 Å². The second-order valence-corrected chi connectivity index (χ2v) is 1.61. The second-order valence-electron chi connectivity index (χ2n) is 1.61. The molecule has 0 aliphatic rings. The third-order valence-electron chi connectivity index (χ3n) is 0.967. The standard InChI is InChI=1S/C6H7NO2.Na/c8-7-4-3-6-2-1-5-9-6;/h1-2,4-5,7H,3H2;. The van der Waals surface area contributed by atoms with Gasteiger partial charge in [0.2, 0.25) is 0 Å². The minimum atomic E-state index is 0. The van der Waals surface area contributed by atoms with E-state index in [1.54, 1.807) is 17.5 Å². The largest absolute Gasteiger partial charge is 0.626 e. The van der Waals surface area contributed by atoms with Gasteiger partial charge in [0, 0.05) is 29.6 Å². The zero-order valence-corrected chi connectivity index (χ0v) is 7.83. The molecule has 0 bridgehead atoms. The first-order valence-corrected chi connectivity index (χ1v) is 2.65. The first kappa shape index (κ1) is 9.75. The average Bonchev–Trinajstić information content (AvgIpc) is 2.34. The Kier molecular flexibility index (Phi) is 5.39. The summed E-state index contributed by atoms with van der Waals surface area (Å²) in [5.74, 6) is 0.790. The molecule has 1 aromatic rings. The van der Waals surface area contributed by atoms with Crippen molar-refractivity contribution in [3.05, 3.63) is 29.4 Å². The van der Waals surface area contributed by atoms with Gasteiger partial charge in [0.1, 0.15) is 5.76 Å². The van der Waals surface area contributed by atoms with Gasteiger partial charge in [0.05, 0.1) is 12.7 Å². The maximum Gasteiger partial charge on any atom is 0.156 e. The van der Waals surface area contributed by atoms with E-state index in [4.69, 9.17) is 4.42 Å². The molecule has 10 heavy (non-hydrogen) atoms. The predicted molar refractivity (Wildman–Crippen MR) is 38.6 cm³/mol. The second kappa shape index (κ2) is 5.53. The molecule has 1 aromatic heterocycles. The summed E-state index contributed by atoms with van der Waals surface area (Å²) in [7, 11) is 0. The predicted octanol–water partition coefficient (Wildman–Crippen LogP) is -0.909. The van der Waals surface area contributed by atoms with E-state index in [0.29, 0.717) is 6.42 Å². The van der Waals surface area contributed by atoms with Gasteiger partial charge in [0.15, 0.2) is 6.21 Å². The van der Waals surface area contributed by atoms with Crippen LogP contribution in [-0.2, 0) is 6.42 Å². The molecule has 0 aliphatic heterocycles. The molecule has 1 N–H and O–H groups in total. The van der Waals surface area contributed by atoms with Crippen LogP contribution in [0.2, 0.25) is 0 Å². The number of hydrogen-bond acceptors (Lipinski definition) is 2. The van der Waals surface area contributed by atoms with Crippen molar-refractivity contribution in [2.24, 2.45) is 0 Å². The van der Waals surface area contributed by atoms with E-state index in [0.717, 1.165) is 5.76 Å². The Balaban J connectivity index is 0.000000810. The van der Waals surface area contributed by atoms with E-state index in [1.807, 2.05) is 6.07 Å². The molecule has 0 spiro atoms. The number of rotatable bonds is 2. The van der Waals surface area contributed by atoms with Crippen LogP contribution in [0.1, 0.15) is 5.76 Å². The van der Waals surface area contributed by atoms with Crippen molar-refractivity contribution in [1.29, 1.82) is 0 Å². The van der Waals surface area contributed by atoms with Crippen LogP contribution in [0.4, 0.5) is 0 Å². The minimum Gasteiger partial charge on any atom is -0.626 e. The van der Waals surface area contributed by atoms with E-state index in [-0.39, 0.29) is 29.6 Å². The van der Waals surface area contributed by atoms with E-state index >= 15 is 0 Å². The molecular weight excluding hydrogens is 141 g/mol. The number of furan rings is 1. The Bertz CT molecular complexity index is 184. The smallest absolute Gasteiger partial charge is 0.156 e. The molecule has 0 fully saturated rings. The van der Waals surface area contributed by atoms with E-state index in [2.05, 4.69) is 0 Å². The summed E-state index contributed by atoms with van der Waals surface area (Å²) in [5, 5.41) is 11.3. The van der Waals surface area contributed by atoms with Crippen LogP contribution in [0.25, 0.3) is 0 Å². The molecule has 4 heteroatoms. The van der Waals surface area contributed by atoms with Crippen LogP contribution in [0.3, 0.4) is 0 Å². The van der Waals surface area contributed by atoms with E-state index in [1.165, 1.54) is 6.21 Å². The maximum absolute atomic E-state index is 9.68. The third-order valence-corrected chi connectivity index (χ3v) is 0.967. The van der Waals surface area contributed by atoms with Crippen molar-refractivity contribution in [1.82, 2.24) is 0 Å². The van der Waals surface area contributed by atoms with Gasteiger partial charge in [-0.25, -0.2) is 5.16 Å². The van der Waals surface area contributed by atoms with E-state index < -0.39 is 0 Å². The Labute approximate surface area is 81.0 Å². The first-order valence-electron chi connectivity index (χ1n) is 2.65. The molecular formula is C6H7NNaO2. The van der Waals surface area contributed by atoms with Crippen molar-refractivity contribution in [2.45, 2.75) is 6.42 Å². The van der Waals surface area contributed by atoms with Crippen LogP contribution in [0.5, 0.6) is 0 Å². The molecule has 0 amide bonds. The van der Waals surface area contributed by atoms with Crippen molar-refractivity contribution < 1.29 is 9.57 Å². The molecule has 0 saturated carbocycles. The summed E-state index contributed by atoms with van der Waals surface area (Å²) < 4.78 is 4.93. The summed E-state index contributed by atoms with van der Waals surface area (Å²) in [6.07, 6.45) is 3.50. The monoisotopic (exact) mass is 148 g/mol. The van der Waals surface area contributed by atoms with Gasteiger partial charge in [-0.2, -0.15) is 0 Å². The average molecular weight is 148 g/mol. The van der Waals surface area contributed by atoms with Crippen LogP contribution < -0.4 is 5.16 Å². The zero-order valence-electron chi connectivity index (χ0n) is 5.83. The van der Waals surface area contributed by atoms with Crippen molar-refractivity contribution in [3.8, 4) is 0 Å². The fourth-order valence-corrected chi connectivity index (χ4v) is 0.571. The maximum atomic E-state index is 9.68. The zero-order chi connectivity index (χ0) is 6.53. The quantitative estimate of drug-likeness (QED) is 0.255. The van der Waals surface area contributed by atoms with Gasteiger partial charge >= 0.3 is 0 Å². The molecule has 1 radical (unpaired) electrons. The molecule has 0 unspecified atom stereocenters. The molecule has 0 saturated heterocycles. The first-order chi connectivity index (χ1) is 4.43. The van der Waals surface area contributed by atoms with Crippen LogP contribution in [0, 0.1) is 5.21 Å². The summed E-state index contributed by atoms with van der Waals surface area (Å²) in [6, 6.07) is 3.60. The topological polar surface area (TPSA) is 50.2 Å². The van der Waals surface area contributed by atoms with Crippen molar-refractivity contribution in [3.63, 3.8) is 0 Å². The van der Waals surface area contributed by atoms with Gasteiger partial charge in [0.25, 0.3) is 0 Å². The Morgan fingerprint density at radius 2 is 2.50 bits per heavy atom. The molecule has 1 heterocycles. The Morgan fingerprint density at radius 1 is 1.70 bits per heavy atom. The van der Waals surface area contributed by atoms with Crippen LogP contribution in [-0.4, -0.2) is 35.8 Å². The summed E-state index contributed by atoms with van der Waals surface area (Å²) in [4.78, 5) is 0.